The van der Waals surface area contributed by atoms with Gasteiger partial charge in [-0.15, -0.1) is 10.2 Å². The molecular formula is C23H21N5O2. The van der Waals surface area contributed by atoms with Crippen molar-refractivity contribution in [1.82, 2.24) is 24.5 Å². The second kappa shape index (κ2) is 7.94. The Kier molecular flexibility index (Phi) is 4.85. The lowest BCUT2D eigenvalue weighted by Gasteiger charge is -2.26. The van der Waals surface area contributed by atoms with Gasteiger partial charge in [-0.2, -0.15) is 0 Å². The van der Waals surface area contributed by atoms with Crippen LogP contribution in [0.3, 0.4) is 0 Å². The standard InChI is InChI=1S/C23H21N5O2/c29-23(18-5-2-1-3-6-18)27-12-10-17(11-13-27)20-15-24-21(28-16-25-26-22(20)28)9-8-19-7-4-14-30-19/h1-7,10,14-16H,8-9,11-13H2. The van der Waals surface area contributed by atoms with Crippen LogP contribution in [0.15, 0.2) is 71.7 Å². The first kappa shape index (κ1) is 18.3. The first-order valence-corrected chi connectivity index (χ1v) is 10.0. The number of aromatic nitrogens is 4. The quantitative estimate of drug-likeness (QED) is 0.514. The highest BCUT2D eigenvalue weighted by Crippen LogP contribution is 2.26. The van der Waals surface area contributed by atoms with Crippen LogP contribution in [0.5, 0.6) is 0 Å². The third-order valence-electron chi connectivity index (χ3n) is 5.45. The fourth-order valence-electron chi connectivity index (χ4n) is 3.83. The zero-order chi connectivity index (χ0) is 20.3. The number of aryl methyl sites for hydroxylation is 2. The van der Waals surface area contributed by atoms with Crippen molar-refractivity contribution >= 4 is 17.1 Å². The molecule has 150 valence electrons. The highest BCUT2D eigenvalue weighted by atomic mass is 16.3. The number of hydrogen-bond acceptors (Lipinski definition) is 5. The molecule has 0 atom stereocenters. The van der Waals surface area contributed by atoms with Crippen molar-refractivity contribution < 1.29 is 9.21 Å². The third-order valence-corrected chi connectivity index (χ3v) is 5.45. The minimum Gasteiger partial charge on any atom is -0.469 e. The normalized spacial score (nSPS) is 14.1. The molecule has 0 saturated carbocycles. The number of fused-ring (bicyclic) bond motifs is 1. The van der Waals surface area contributed by atoms with E-state index in [-0.39, 0.29) is 5.91 Å². The minimum absolute atomic E-state index is 0.0601. The number of furan rings is 1. The number of benzene rings is 1. The van der Waals surface area contributed by atoms with E-state index >= 15 is 0 Å². The van der Waals surface area contributed by atoms with Gasteiger partial charge in [0.2, 0.25) is 0 Å². The molecule has 0 saturated heterocycles. The number of amides is 1. The maximum absolute atomic E-state index is 12.7. The first-order valence-electron chi connectivity index (χ1n) is 10.0. The van der Waals surface area contributed by atoms with Crippen LogP contribution < -0.4 is 0 Å². The van der Waals surface area contributed by atoms with E-state index in [1.807, 2.05) is 58.0 Å². The SMILES string of the molecule is O=C(c1ccccc1)N1CC=C(c2cnc(CCc3ccco3)n3cnnc23)CC1. The van der Waals surface area contributed by atoms with E-state index in [1.165, 1.54) is 0 Å². The van der Waals surface area contributed by atoms with Crippen molar-refractivity contribution in [2.75, 3.05) is 13.1 Å². The van der Waals surface area contributed by atoms with Gasteiger partial charge in [-0.1, -0.05) is 24.3 Å². The van der Waals surface area contributed by atoms with Crippen molar-refractivity contribution in [3.63, 3.8) is 0 Å². The molecule has 7 heteroatoms. The Morgan fingerprint density at radius 2 is 2.00 bits per heavy atom. The first-order chi connectivity index (χ1) is 14.8. The molecule has 0 N–H and O–H groups in total. The molecule has 0 aliphatic carbocycles. The molecule has 4 aromatic rings. The molecule has 1 amide bonds. The molecule has 0 unspecified atom stereocenters. The molecule has 4 heterocycles. The fraction of sp³-hybridized carbons (Fsp3) is 0.217. The molecule has 5 rings (SSSR count). The van der Waals surface area contributed by atoms with Crippen LogP contribution in [-0.4, -0.2) is 43.5 Å². The summed E-state index contributed by atoms with van der Waals surface area (Å²) in [6, 6.07) is 13.3. The van der Waals surface area contributed by atoms with Crippen molar-refractivity contribution in [3.05, 3.63) is 90.0 Å². The molecule has 7 nitrogen and oxygen atoms in total. The van der Waals surface area contributed by atoms with Crippen LogP contribution in [0, 0.1) is 0 Å². The van der Waals surface area contributed by atoms with Gasteiger partial charge in [-0.3, -0.25) is 9.20 Å². The Labute approximate surface area is 173 Å². The summed E-state index contributed by atoms with van der Waals surface area (Å²) in [5, 5.41) is 8.43. The Morgan fingerprint density at radius 1 is 1.10 bits per heavy atom. The van der Waals surface area contributed by atoms with Gasteiger partial charge in [-0.05, 0) is 36.3 Å². The van der Waals surface area contributed by atoms with Gasteiger partial charge in [-0.25, -0.2) is 4.98 Å². The van der Waals surface area contributed by atoms with Gasteiger partial charge < -0.3 is 9.32 Å². The van der Waals surface area contributed by atoms with E-state index in [0.29, 0.717) is 13.1 Å². The molecule has 0 spiro atoms. The zero-order valence-corrected chi connectivity index (χ0v) is 16.4. The van der Waals surface area contributed by atoms with E-state index in [4.69, 9.17) is 4.42 Å². The summed E-state index contributed by atoms with van der Waals surface area (Å²) in [6.45, 7) is 1.24. The van der Waals surface area contributed by atoms with Gasteiger partial charge >= 0.3 is 0 Å². The monoisotopic (exact) mass is 399 g/mol. The predicted octanol–water partition coefficient (Wildman–Crippen LogP) is 3.43. The molecule has 1 aliphatic rings. The lowest BCUT2D eigenvalue weighted by molar-refractivity contribution is 0.0773. The van der Waals surface area contributed by atoms with Crippen molar-refractivity contribution in [2.24, 2.45) is 0 Å². The molecular weight excluding hydrogens is 378 g/mol. The minimum atomic E-state index is 0.0601. The summed E-state index contributed by atoms with van der Waals surface area (Å²) in [7, 11) is 0. The molecule has 0 bridgehead atoms. The number of nitrogens with zero attached hydrogens (tertiary/aromatic N) is 5. The second-order valence-corrected chi connectivity index (χ2v) is 7.29. The average Bonchev–Trinajstić information content (AvgIpc) is 3.50. The van der Waals surface area contributed by atoms with Gasteiger partial charge in [0.05, 0.1) is 6.26 Å². The summed E-state index contributed by atoms with van der Waals surface area (Å²) >= 11 is 0. The fourth-order valence-corrected chi connectivity index (χ4v) is 3.83. The van der Waals surface area contributed by atoms with Crippen LogP contribution in [-0.2, 0) is 12.8 Å². The molecule has 3 aromatic heterocycles. The van der Waals surface area contributed by atoms with Crippen LogP contribution in [0.1, 0.15) is 33.9 Å². The topological polar surface area (TPSA) is 76.5 Å². The summed E-state index contributed by atoms with van der Waals surface area (Å²) in [6.07, 6.45) is 9.63. The number of carbonyl (C=O) groups excluding carboxylic acids is 1. The smallest absolute Gasteiger partial charge is 0.254 e. The summed E-state index contributed by atoms with van der Waals surface area (Å²) in [4.78, 5) is 19.2. The maximum Gasteiger partial charge on any atom is 0.254 e. The Bertz CT molecular complexity index is 1200. The Hall–Kier alpha value is -3.74. The van der Waals surface area contributed by atoms with Gasteiger partial charge in [0.25, 0.3) is 5.91 Å². The van der Waals surface area contributed by atoms with Crippen LogP contribution in [0.4, 0.5) is 0 Å². The Balaban J connectivity index is 1.35. The van der Waals surface area contributed by atoms with Gasteiger partial charge in [0.15, 0.2) is 5.65 Å². The van der Waals surface area contributed by atoms with E-state index in [9.17, 15) is 4.79 Å². The molecule has 1 aliphatic heterocycles. The lowest BCUT2D eigenvalue weighted by Crippen LogP contribution is -2.34. The van der Waals surface area contributed by atoms with Crippen molar-refractivity contribution in [2.45, 2.75) is 19.3 Å². The van der Waals surface area contributed by atoms with Gasteiger partial charge in [0.1, 0.15) is 17.9 Å². The number of hydrogen-bond donors (Lipinski definition) is 0. The molecule has 0 fully saturated rings. The van der Waals surface area contributed by atoms with Crippen molar-refractivity contribution in [3.8, 4) is 0 Å². The average molecular weight is 399 g/mol. The van der Waals surface area contributed by atoms with Gasteiger partial charge in [0, 0.05) is 43.3 Å². The highest BCUT2D eigenvalue weighted by molar-refractivity contribution is 5.94. The van der Waals surface area contributed by atoms with E-state index in [0.717, 1.165) is 53.2 Å². The van der Waals surface area contributed by atoms with Crippen LogP contribution >= 0.6 is 0 Å². The van der Waals surface area contributed by atoms with E-state index < -0.39 is 0 Å². The summed E-state index contributed by atoms with van der Waals surface area (Å²) in [5.41, 5.74) is 3.64. The van der Waals surface area contributed by atoms with Crippen molar-refractivity contribution in [1.29, 1.82) is 0 Å². The summed E-state index contributed by atoms with van der Waals surface area (Å²) in [5.74, 6) is 1.89. The van der Waals surface area contributed by atoms with Crippen LogP contribution in [0.25, 0.3) is 11.2 Å². The van der Waals surface area contributed by atoms with E-state index in [2.05, 4.69) is 21.3 Å². The second-order valence-electron chi connectivity index (χ2n) is 7.29. The van der Waals surface area contributed by atoms with E-state index in [1.54, 1.807) is 12.6 Å². The molecule has 30 heavy (non-hydrogen) atoms. The molecule has 1 aromatic carbocycles. The number of rotatable bonds is 5. The Morgan fingerprint density at radius 3 is 2.77 bits per heavy atom. The number of carbonyl (C=O) groups is 1. The lowest BCUT2D eigenvalue weighted by atomic mass is 10.0. The van der Waals surface area contributed by atoms with Crippen LogP contribution in [0.2, 0.25) is 0 Å². The largest absolute Gasteiger partial charge is 0.469 e. The zero-order valence-electron chi connectivity index (χ0n) is 16.4. The molecule has 0 radical (unpaired) electrons. The predicted molar refractivity (Wildman–Crippen MR) is 112 cm³/mol. The highest BCUT2D eigenvalue weighted by Gasteiger charge is 2.21. The summed E-state index contributed by atoms with van der Waals surface area (Å²) < 4.78 is 7.36. The maximum atomic E-state index is 12.7. The third kappa shape index (κ3) is 3.50.